The number of rotatable bonds is 8. The van der Waals surface area contributed by atoms with Crippen molar-refractivity contribution in [1.29, 1.82) is 0 Å². The molecule has 0 amide bonds. The van der Waals surface area contributed by atoms with Crippen LogP contribution in [0.4, 0.5) is 0 Å². The summed E-state index contributed by atoms with van der Waals surface area (Å²) in [6.45, 7) is 5.88. The van der Waals surface area contributed by atoms with Gasteiger partial charge >= 0.3 is 0 Å². The van der Waals surface area contributed by atoms with E-state index >= 15 is 0 Å². The van der Waals surface area contributed by atoms with E-state index in [4.69, 9.17) is 0 Å². The van der Waals surface area contributed by atoms with Crippen molar-refractivity contribution in [2.24, 2.45) is 0 Å². The van der Waals surface area contributed by atoms with Crippen LogP contribution in [0.1, 0.15) is 60.7 Å². The Kier molecular flexibility index (Phi) is 6.24. The largest absolute Gasteiger partial charge is 0.396 e. The molecule has 8 heteroatoms. The molecule has 3 aromatic rings. The summed E-state index contributed by atoms with van der Waals surface area (Å²) < 4.78 is 1.95. The highest BCUT2D eigenvalue weighted by Crippen LogP contribution is 2.29. The van der Waals surface area contributed by atoms with E-state index in [-0.39, 0.29) is 12.2 Å². The van der Waals surface area contributed by atoms with E-state index in [0.29, 0.717) is 37.7 Å². The van der Waals surface area contributed by atoms with Gasteiger partial charge in [0, 0.05) is 25.3 Å². The van der Waals surface area contributed by atoms with E-state index in [9.17, 15) is 9.90 Å². The predicted molar refractivity (Wildman–Crippen MR) is 115 cm³/mol. The molecule has 2 N–H and O–H groups in total. The predicted octanol–water partition coefficient (Wildman–Crippen LogP) is 2.63. The second-order valence-electron chi connectivity index (χ2n) is 8.36. The van der Waals surface area contributed by atoms with Gasteiger partial charge in [-0.3, -0.25) is 9.69 Å². The normalized spacial score (nSPS) is 14.9. The van der Waals surface area contributed by atoms with Crippen LogP contribution in [-0.2, 0) is 13.1 Å². The molecule has 0 aliphatic heterocycles. The molecule has 0 saturated heterocycles. The van der Waals surface area contributed by atoms with Gasteiger partial charge in [0.1, 0.15) is 0 Å². The number of H-pyrrole nitrogens is 1. The van der Waals surface area contributed by atoms with E-state index < -0.39 is 0 Å². The van der Waals surface area contributed by atoms with Crippen LogP contribution >= 0.6 is 0 Å². The van der Waals surface area contributed by atoms with Crippen molar-refractivity contribution in [3.63, 3.8) is 0 Å². The molecule has 30 heavy (non-hydrogen) atoms. The summed E-state index contributed by atoms with van der Waals surface area (Å²) >= 11 is 0. The first kappa shape index (κ1) is 20.7. The van der Waals surface area contributed by atoms with Gasteiger partial charge < -0.3 is 10.1 Å². The minimum absolute atomic E-state index is 0.0689. The highest BCUT2D eigenvalue weighted by molar-refractivity contribution is 5.83. The fourth-order valence-electron chi connectivity index (χ4n) is 4.39. The van der Waals surface area contributed by atoms with Crippen LogP contribution in [0.25, 0.3) is 10.9 Å². The number of hydrogen-bond donors (Lipinski definition) is 2. The quantitative estimate of drug-likeness (QED) is 0.592. The molecule has 0 bridgehead atoms. The minimum atomic E-state index is -0.0689. The van der Waals surface area contributed by atoms with Crippen molar-refractivity contribution in [3.05, 3.63) is 51.1 Å². The number of aliphatic hydroxyl groups excluding tert-OH is 1. The molecule has 1 aliphatic rings. The summed E-state index contributed by atoms with van der Waals surface area (Å²) in [4.78, 5) is 18.0. The van der Waals surface area contributed by atoms with Crippen LogP contribution < -0.4 is 5.56 Å². The lowest BCUT2D eigenvalue weighted by atomic mass is 10.0. The average Bonchev–Trinajstić information content (AvgIpc) is 3.42. The lowest BCUT2D eigenvalue weighted by Crippen LogP contribution is -2.30. The number of hydrogen-bond acceptors (Lipinski definition) is 6. The Bertz CT molecular complexity index is 1070. The molecule has 1 aliphatic carbocycles. The second-order valence-corrected chi connectivity index (χ2v) is 8.36. The number of pyridine rings is 1. The van der Waals surface area contributed by atoms with Gasteiger partial charge in [-0.1, -0.05) is 25.0 Å². The Morgan fingerprint density at radius 3 is 2.80 bits per heavy atom. The fraction of sp³-hybridized carbons (Fsp3) is 0.545. The zero-order valence-corrected chi connectivity index (χ0v) is 17.8. The van der Waals surface area contributed by atoms with E-state index in [2.05, 4.69) is 37.5 Å². The Labute approximate surface area is 175 Å². The Hall–Kier alpha value is -2.58. The molecule has 160 valence electrons. The maximum absolute atomic E-state index is 12.8. The standard InChI is InChI=1S/C22H30N6O2/c1-15-8-9-17-12-18(22(30)23-21(17)16(15)2)13-27(10-5-11-29)14-20-24-25-26-28(20)19-6-3-4-7-19/h8-9,12,19,29H,3-7,10-11,13-14H2,1-2H3,(H,23,30). The van der Waals surface area contributed by atoms with E-state index in [1.807, 2.05) is 24.6 Å². The van der Waals surface area contributed by atoms with Crippen LogP contribution in [0.5, 0.6) is 0 Å². The molecule has 2 aromatic heterocycles. The molecule has 2 heterocycles. The molecule has 1 aromatic carbocycles. The number of aromatic nitrogens is 5. The highest BCUT2D eigenvalue weighted by atomic mass is 16.3. The van der Waals surface area contributed by atoms with Gasteiger partial charge in [-0.2, -0.15) is 0 Å². The van der Waals surface area contributed by atoms with Gasteiger partial charge in [0.2, 0.25) is 0 Å². The second kappa shape index (κ2) is 9.06. The molecule has 1 saturated carbocycles. The monoisotopic (exact) mass is 410 g/mol. The zero-order chi connectivity index (χ0) is 21.1. The third kappa shape index (κ3) is 4.29. The maximum Gasteiger partial charge on any atom is 0.252 e. The summed E-state index contributed by atoms with van der Waals surface area (Å²) in [5.74, 6) is 0.823. The van der Waals surface area contributed by atoms with E-state index in [0.717, 1.165) is 40.7 Å². The molecule has 8 nitrogen and oxygen atoms in total. The molecule has 0 atom stereocenters. The van der Waals surface area contributed by atoms with Gasteiger partial charge in [-0.15, -0.1) is 5.10 Å². The van der Waals surface area contributed by atoms with Gasteiger partial charge in [0.15, 0.2) is 5.82 Å². The summed E-state index contributed by atoms with van der Waals surface area (Å²) in [5.41, 5.74) is 3.80. The first-order chi connectivity index (χ1) is 14.6. The van der Waals surface area contributed by atoms with Crippen LogP contribution in [0.3, 0.4) is 0 Å². The topological polar surface area (TPSA) is 99.9 Å². The van der Waals surface area contributed by atoms with Crippen LogP contribution in [0, 0.1) is 13.8 Å². The first-order valence-electron chi connectivity index (χ1n) is 10.8. The fourth-order valence-corrected chi connectivity index (χ4v) is 4.39. The molecule has 0 radical (unpaired) electrons. The Balaban J connectivity index is 1.59. The average molecular weight is 411 g/mol. The van der Waals surface area contributed by atoms with Crippen LogP contribution in [0.15, 0.2) is 23.0 Å². The molecule has 4 rings (SSSR count). The number of aromatic amines is 1. The van der Waals surface area contributed by atoms with Crippen LogP contribution in [0.2, 0.25) is 0 Å². The molecule has 0 spiro atoms. The smallest absolute Gasteiger partial charge is 0.252 e. The van der Waals surface area contributed by atoms with Gasteiger partial charge in [-0.25, -0.2) is 4.68 Å². The molecule has 0 unspecified atom stereocenters. The van der Waals surface area contributed by atoms with Gasteiger partial charge in [0.25, 0.3) is 5.56 Å². The van der Waals surface area contributed by atoms with Crippen molar-refractivity contribution in [2.75, 3.05) is 13.2 Å². The number of benzene rings is 1. The maximum atomic E-state index is 12.8. The Morgan fingerprint density at radius 1 is 1.23 bits per heavy atom. The summed E-state index contributed by atoms with van der Waals surface area (Å²) in [6.07, 6.45) is 5.28. The summed E-state index contributed by atoms with van der Waals surface area (Å²) in [7, 11) is 0. The van der Waals surface area contributed by atoms with Crippen molar-refractivity contribution < 1.29 is 5.11 Å². The lowest BCUT2D eigenvalue weighted by Gasteiger charge is -2.22. The van der Waals surface area contributed by atoms with Crippen molar-refractivity contribution >= 4 is 10.9 Å². The van der Waals surface area contributed by atoms with Gasteiger partial charge in [-0.05, 0) is 66.1 Å². The number of fused-ring (bicyclic) bond motifs is 1. The third-order valence-electron chi connectivity index (χ3n) is 6.25. The third-order valence-corrected chi connectivity index (χ3v) is 6.25. The zero-order valence-electron chi connectivity index (χ0n) is 17.8. The van der Waals surface area contributed by atoms with Crippen molar-refractivity contribution in [2.45, 2.75) is 65.1 Å². The number of nitrogens with zero attached hydrogens (tertiary/aromatic N) is 5. The van der Waals surface area contributed by atoms with E-state index in [1.54, 1.807) is 0 Å². The molecule has 1 fully saturated rings. The van der Waals surface area contributed by atoms with Crippen LogP contribution in [-0.4, -0.2) is 48.3 Å². The number of nitrogens with one attached hydrogen (secondary N) is 1. The van der Waals surface area contributed by atoms with E-state index in [1.165, 1.54) is 12.8 Å². The number of tetrazole rings is 1. The SMILES string of the molecule is Cc1ccc2cc(CN(CCCO)Cc3nnnn3C3CCCC3)c(=O)[nH]c2c1C. The molecular weight excluding hydrogens is 380 g/mol. The van der Waals surface area contributed by atoms with Gasteiger partial charge in [0.05, 0.1) is 18.1 Å². The Morgan fingerprint density at radius 2 is 2.03 bits per heavy atom. The van der Waals surface area contributed by atoms with Crippen molar-refractivity contribution in [3.8, 4) is 0 Å². The number of aliphatic hydroxyl groups is 1. The lowest BCUT2D eigenvalue weighted by molar-refractivity contribution is 0.204. The first-order valence-corrected chi connectivity index (χ1v) is 10.8. The number of aryl methyl sites for hydroxylation is 2. The highest BCUT2D eigenvalue weighted by Gasteiger charge is 2.23. The van der Waals surface area contributed by atoms with Crippen molar-refractivity contribution in [1.82, 2.24) is 30.1 Å². The molecular formula is C22H30N6O2. The summed E-state index contributed by atoms with van der Waals surface area (Å²) in [5, 5.41) is 22.8. The minimum Gasteiger partial charge on any atom is -0.396 e. The summed E-state index contributed by atoms with van der Waals surface area (Å²) in [6, 6.07) is 6.48.